The molecule has 0 spiro atoms. The standard InChI is InChI=1S/C15H28OSi/c1-13(2,3)15(14(4,5)6)12(16-15)10-11-17(7,8)9/h12H,1-9H3. The Balaban J connectivity index is 3.00. The van der Waals surface area contributed by atoms with Crippen LogP contribution >= 0.6 is 0 Å². The molecule has 1 unspecified atom stereocenters. The molecular weight excluding hydrogens is 224 g/mol. The summed E-state index contributed by atoms with van der Waals surface area (Å²) >= 11 is 0. The van der Waals surface area contributed by atoms with Crippen LogP contribution in [0.3, 0.4) is 0 Å². The second-order valence-electron chi connectivity index (χ2n) is 8.25. The number of hydrogen-bond donors (Lipinski definition) is 0. The van der Waals surface area contributed by atoms with Crippen LogP contribution in [0.25, 0.3) is 0 Å². The summed E-state index contributed by atoms with van der Waals surface area (Å²) in [5, 5.41) is 0. The van der Waals surface area contributed by atoms with Crippen LogP contribution in [0.2, 0.25) is 19.6 Å². The smallest absolute Gasteiger partial charge is 0.148 e. The first-order valence-electron chi connectivity index (χ1n) is 6.52. The fourth-order valence-corrected chi connectivity index (χ4v) is 3.39. The summed E-state index contributed by atoms with van der Waals surface area (Å²) in [5.41, 5.74) is 3.61. The van der Waals surface area contributed by atoms with Crippen molar-refractivity contribution in [2.75, 3.05) is 0 Å². The highest BCUT2D eigenvalue weighted by Crippen LogP contribution is 2.59. The van der Waals surface area contributed by atoms with Gasteiger partial charge in [-0.1, -0.05) is 67.1 Å². The van der Waals surface area contributed by atoms with Crippen LogP contribution in [0.1, 0.15) is 41.5 Å². The molecule has 0 aliphatic carbocycles. The van der Waals surface area contributed by atoms with E-state index in [1.54, 1.807) is 0 Å². The van der Waals surface area contributed by atoms with Gasteiger partial charge in [0.25, 0.3) is 0 Å². The van der Waals surface area contributed by atoms with E-state index in [0.29, 0.717) is 0 Å². The first-order valence-corrected chi connectivity index (χ1v) is 10.0. The molecule has 17 heavy (non-hydrogen) atoms. The van der Waals surface area contributed by atoms with E-state index in [0.717, 1.165) is 0 Å². The second kappa shape index (κ2) is 3.86. The topological polar surface area (TPSA) is 12.5 Å². The molecule has 0 radical (unpaired) electrons. The van der Waals surface area contributed by atoms with Crippen LogP contribution in [0.15, 0.2) is 0 Å². The number of epoxide rings is 1. The molecule has 1 nitrogen and oxygen atoms in total. The van der Waals surface area contributed by atoms with E-state index < -0.39 is 8.07 Å². The minimum absolute atomic E-state index is 0.0906. The van der Waals surface area contributed by atoms with E-state index in [1.807, 2.05) is 0 Å². The summed E-state index contributed by atoms with van der Waals surface area (Å²) in [6, 6.07) is 0. The van der Waals surface area contributed by atoms with E-state index in [9.17, 15) is 0 Å². The highest BCUT2D eigenvalue weighted by atomic mass is 28.3. The summed E-state index contributed by atoms with van der Waals surface area (Å²) in [7, 11) is -1.30. The van der Waals surface area contributed by atoms with Crippen LogP contribution in [-0.4, -0.2) is 19.8 Å². The Bertz CT molecular complexity index is 338. The summed E-state index contributed by atoms with van der Waals surface area (Å²) in [5.74, 6) is 3.39. The third-order valence-electron chi connectivity index (χ3n) is 3.42. The van der Waals surface area contributed by atoms with Crippen LogP contribution in [0.5, 0.6) is 0 Å². The van der Waals surface area contributed by atoms with Crippen molar-refractivity contribution in [2.45, 2.75) is 72.9 Å². The third kappa shape index (κ3) is 2.77. The van der Waals surface area contributed by atoms with E-state index in [4.69, 9.17) is 4.74 Å². The molecule has 1 aliphatic heterocycles. The molecule has 1 rings (SSSR count). The number of ether oxygens (including phenoxy) is 1. The predicted octanol–water partition coefficient (Wildman–Crippen LogP) is 4.10. The molecule has 98 valence electrons. The van der Waals surface area contributed by atoms with Gasteiger partial charge in [-0.15, -0.1) is 5.54 Å². The van der Waals surface area contributed by atoms with Crippen LogP contribution < -0.4 is 0 Å². The molecule has 2 heteroatoms. The van der Waals surface area contributed by atoms with Crippen molar-refractivity contribution in [2.24, 2.45) is 10.8 Å². The average molecular weight is 252 g/mol. The molecule has 1 heterocycles. The molecule has 1 aliphatic rings. The van der Waals surface area contributed by atoms with Gasteiger partial charge >= 0.3 is 0 Å². The first-order chi connectivity index (χ1) is 7.31. The van der Waals surface area contributed by atoms with Gasteiger partial charge < -0.3 is 4.74 Å². The Kier molecular flexibility index (Phi) is 3.36. The molecule has 1 fully saturated rings. The third-order valence-corrected chi connectivity index (χ3v) is 4.32. The highest BCUT2D eigenvalue weighted by Gasteiger charge is 2.69. The fourth-order valence-electron chi connectivity index (χ4n) is 2.83. The normalized spacial score (nSPS) is 23.9. The lowest BCUT2D eigenvalue weighted by Crippen LogP contribution is -2.44. The lowest BCUT2D eigenvalue weighted by atomic mass is 9.64. The summed E-state index contributed by atoms with van der Waals surface area (Å²) in [6.45, 7) is 20.4. The minimum atomic E-state index is -1.30. The summed E-state index contributed by atoms with van der Waals surface area (Å²) in [4.78, 5) is 0. The van der Waals surface area contributed by atoms with Crippen LogP contribution in [0.4, 0.5) is 0 Å². The molecule has 0 bridgehead atoms. The molecule has 0 N–H and O–H groups in total. The molecule has 0 aromatic heterocycles. The SMILES string of the molecule is CC(C)(C)C1(C(C)(C)C)OC1C#C[Si](C)(C)C. The molecular formula is C15H28OSi. The van der Waals surface area contributed by atoms with E-state index in [2.05, 4.69) is 72.6 Å². The van der Waals surface area contributed by atoms with Gasteiger partial charge in [0.15, 0.2) is 0 Å². The Morgan fingerprint density at radius 2 is 1.35 bits per heavy atom. The maximum atomic E-state index is 6.08. The van der Waals surface area contributed by atoms with Gasteiger partial charge in [0, 0.05) is 0 Å². The van der Waals surface area contributed by atoms with Crippen molar-refractivity contribution in [3.8, 4) is 11.5 Å². The zero-order valence-corrected chi connectivity index (χ0v) is 14.0. The number of rotatable bonds is 0. The van der Waals surface area contributed by atoms with Crippen molar-refractivity contribution >= 4 is 8.07 Å². The Morgan fingerprint density at radius 1 is 0.941 bits per heavy atom. The van der Waals surface area contributed by atoms with Crippen LogP contribution in [0, 0.1) is 22.3 Å². The maximum absolute atomic E-state index is 6.08. The lowest BCUT2D eigenvalue weighted by molar-refractivity contribution is 0.0488. The molecule has 1 saturated heterocycles. The Morgan fingerprint density at radius 3 is 1.59 bits per heavy atom. The van der Waals surface area contributed by atoms with E-state index in [-0.39, 0.29) is 22.5 Å². The van der Waals surface area contributed by atoms with Crippen molar-refractivity contribution < 1.29 is 4.74 Å². The van der Waals surface area contributed by atoms with Gasteiger partial charge in [0.2, 0.25) is 0 Å². The van der Waals surface area contributed by atoms with Gasteiger partial charge in [-0.25, -0.2) is 0 Å². The zero-order valence-electron chi connectivity index (χ0n) is 13.0. The largest absolute Gasteiger partial charge is 0.351 e. The molecule has 0 saturated carbocycles. The van der Waals surface area contributed by atoms with Crippen molar-refractivity contribution in [1.29, 1.82) is 0 Å². The van der Waals surface area contributed by atoms with Crippen molar-refractivity contribution in [3.63, 3.8) is 0 Å². The van der Waals surface area contributed by atoms with E-state index >= 15 is 0 Å². The number of hydrogen-bond acceptors (Lipinski definition) is 1. The predicted molar refractivity (Wildman–Crippen MR) is 77.6 cm³/mol. The maximum Gasteiger partial charge on any atom is 0.148 e. The van der Waals surface area contributed by atoms with Gasteiger partial charge in [-0.2, -0.15) is 0 Å². The summed E-state index contributed by atoms with van der Waals surface area (Å²) < 4.78 is 6.08. The fraction of sp³-hybridized carbons (Fsp3) is 0.867. The van der Waals surface area contributed by atoms with Crippen molar-refractivity contribution in [3.05, 3.63) is 0 Å². The van der Waals surface area contributed by atoms with Gasteiger partial charge in [0.05, 0.1) is 0 Å². The average Bonchev–Trinajstić information content (AvgIpc) is 2.70. The second-order valence-corrected chi connectivity index (χ2v) is 13.0. The lowest BCUT2D eigenvalue weighted by Gasteiger charge is -2.38. The van der Waals surface area contributed by atoms with Crippen LogP contribution in [-0.2, 0) is 4.74 Å². The zero-order chi connectivity index (χ0) is 13.7. The van der Waals surface area contributed by atoms with Gasteiger partial charge in [-0.05, 0) is 10.8 Å². The quantitative estimate of drug-likeness (QED) is 0.359. The Labute approximate surface area is 108 Å². The van der Waals surface area contributed by atoms with Gasteiger partial charge in [0.1, 0.15) is 19.8 Å². The first kappa shape index (κ1) is 14.8. The monoisotopic (exact) mass is 252 g/mol. The van der Waals surface area contributed by atoms with Crippen molar-refractivity contribution in [1.82, 2.24) is 0 Å². The molecule has 0 aromatic carbocycles. The highest BCUT2D eigenvalue weighted by molar-refractivity contribution is 6.83. The minimum Gasteiger partial charge on any atom is -0.351 e. The van der Waals surface area contributed by atoms with E-state index in [1.165, 1.54) is 0 Å². The molecule has 0 aromatic rings. The molecule has 0 amide bonds. The summed E-state index contributed by atoms with van der Waals surface area (Å²) in [6.07, 6.45) is 0.120. The Hall–Kier alpha value is -0.263. The van der Waals surface area contributed by atoms with Gasteiger partial charge in [-0.3, -0.25) is 0 Å². The molecule has 1 atom stereocenters.